The Kier molecular flexibility index (Phi) is 4.38. The fourth-order valence-corrected chi connectivity index (χ4v) is 5.56. The quantitative estimate of drug-likeness (QED) is 0.686. The lowest BCUT2D eigenvalue weighted by Gasteiger charge is -2.26. The van der Waals surface area contributed by atoms with Gasteiger partial charge in [0.05, 0.1) is 29.2 Å². The fourth-order valence-electron chi connectivity index (χ4n) is 3.91. The van der Waals surface area contributed by atoms with Gasteiger partial charge < -0.3 is 14.5 Å². The van der Waals surface area contributed by atoms with Gasteiger partial charge in [0.15, 0.2) is 0 Å². The Balaban J connectivity index is 0.00000218. The van der Waals surface area contributed by atoms with E-state index in [0.717, 1.165) is 17.6 Å². The van der Waals surface area contributed by atoms with E-state index >= 15 is 0 Å². The molecule has 5 rings (SSSR count). The van der Waals surface area contributed by atoms with Crippen molar-refractivity contribution in [1.82, 2.24) is 19.0 Å². The number of benzene rings is 1. The van der Waals surface area contributed by atoms with Gasteiger partial charge >= 0.3 is 0 Å². The summed E-state index contributed by atoms with van der Waals surface area (Å²) in [7, 11) is -3.52. The first-order valence-electron chi connectivity index (χ1n) is 9.44. The van der Waals surface area contributed by atoms with E-state index in [1.54, 1.807) is 63.7 Å². The smallest absolute Gasteiger partial charge is 0.253 e. The molecular formula is C20H22N4O4S. The highest BCUT2D eigenvalue weighted by Gasteiger charge is 2.45. The zero-order valence-electron chi connectivity index (χ0n) is 15.6. The maximum Gasteiger partial charge on any atom is 0.253 e. The van der Waals surface area contributed by atoms with Crippen molar-refractivity contribution in [2.24, 2.45) is 0 Å². The summed E-state index contributed by atoms with van der Waals surface area (Å²) in [6, 6.07) is 10.1. The number of imidazole rings is 1. The van der Waals surface area contributed by atoms with Crippen molar-refractivity contribution in [3.05, 3.63) is 66.1 Å². The molecule has 3 aromatic rings. The molecule has 0 spiro atoms. The summed E-state index contributed by atoms with van der Waals surface area (Å²) in [6.07, 6.45) is 5.97. The Hall–Kier alpha value is -2.75. The second kappa shape index (κ2) is 6.94. The van der Waals surface area contributed by atoms with Crippen molar-refractivity contribution < 1.29 is 19.4 Å². The van der Waals surface area contributed by atoms with Gasteiger partial charge in [-0.05, 0) is 36.2 Å². The van der Waals surface area contributed by atoms with Gasteiger partial charge in [0.1, 0.15) is 5.65 Å². The third-order valence-corrected chi connectivity index (χ3v) is 7.42. The van der Waals surface area contributed by atoms with Crippen LogP contribution in [0.2, 0.25) is 0 Å². The topological polar surface area (TPSA) is 93.0 Å². The molecule has 9 heteroatoms. The summed E-state index contributed by atoms with van der Waals surface area (Å²) in [5.41, 5.74) is 2.13. The molecule has 1 aromatic carbocycles. The van der Waals surface area contributed by atoms with Crippen LogP contribution in [-0.2, 0) is 21.3 Å². The van der Waals surface area contributed by atoms with Crippen LogP contribution < -0.4 is 5.32 Å². The van der Waals surface area contributed by atoms with Gasteiger partial charge in [0, 0.05) is 33.1 Å². The molecule has 2 atom stereocenters. The molecule has 152 valence electrons. The Bertz CT molecular complexity index is 1180. The molecule has 2 aromatic heterocycles. The number of nitrogens with zero attached hydrogens (tertiary/aromatic N) is 3. The largest absolute Gasteiger partial charge is 0.375 e. The van der Waals surface area contributed by atoms with Crippen LogP contribution in [0.5, 0.6) is 0 Å². The molecule has 1 amide bonds. The standard InChI is InChI=1S/C20H20N4O4S.H2/c25-20(15-3-6-19-21-7-8-23(19)11-15)22-10-14-1-4-18(5-2-14)29(26,27)24-12-17-9-16(24)13-28-17;/h1-8,11,16-17H,9-10,12-13H2,(H,22,25);1H/t16-,17-;/m0./s1. The number of sulfonamides is 1. The monoisotopic (exact) mass is 414 g/mol. The van der Waals surface area contributed by atoms with E-state index in [9.17, 15) is 13.2 Å². The van der Waals surface area contributed by atoms with Crippen LogP contribution in [0.3, 0.4) is 0 Å². The molecular weight excluding hydrogens is 392 g/mol. The van der Waals surface area contributed by atoms with Crippen molar-refractivity contribution in [2.75, 3.05) is 13.2 Å². The lowest BCUT2D eigenvalue weighted by molar-refractivity contribution is 0.0608. The van der Waals surface area contributed by atoms with Crippen LogP contribution in [0.4, 0.5) is 0 Å². The third-order valence-electron chi connectivity index (χ3n) is 5.48. The van der Waals surface area contributed by atoms with E-state index < -0.39 is 10.0 Å². The van der Waals surface area contributed by atoms with Gasteiger partial charge in [-0.1, -0.05) is 12.1 Å². The van der Waals surface area contributed by atoms with Gasteiger partial charge in [0.25, 0.3) is 5.91 Å². The Labute approximate surface area is 169 Å². The zero-order chi connectivity index (χ0) is 20.0. The average Bonchev–Trinajstić information content (AvgIpc) is 3.48. The summed E-state index contributed by atoms with van der Waals surface area (Å²) in [5.74, 6) is -0.203. The summed E-state index contributed by atoms with van der Waals surface area (Å²) in [4.78, 5) is 16.8. The summed E-state index contributed by atoms with van der Waals surface area (Å²) >= 11 is 0. The Morgan fingerprint density at radius 3 is 2.79 bits per heavy atom. The Morgan fingerprint density at radius 1 is 1.24 bits per heavy atom. The molecule has 2 saturated heterocycles. The van der Waals surface area contributed by atoms with E-state index in [1.165, 1.54) is 0 Å². The predicted molar refractivity (Wildman–Crippen MR) is 107 cm³/mol. The number of nitrogens with one attached hydrogen (secondary N) is 1. The van der Waals surface area contributed by atoms with E-state index in [2.05, 4.69) is 10.3 Å². The van der Waals surface area contributed by atoms with E-state index in [-0.39, 0.29) is 24.4 Å². The van der Waals surface area contributed by atoms with Gasteiger partial charge in [-0.2, -0.15) is 4.31 Å². The molecule has 4 heterocycles. The molecule has 0 aliphatic carbocycles. The molecule has 2 bridgehead atoms. The highest BCUT2D eigenvalue weighted by Crippen LogP contribution is 2.32. The molecule has 2 aliphatic rings. The van der Waals surface area contributed by atoms with Gasteiger partial charge in [-0.3, -0.25) is 4.79 Å². The molecule has 0 radical (unpaired) electrons. The summed E-state index contributed by atoms with van der Waals surface area (Å²) in [6.45, 7) is 1.20. The van der Waals surface area contributed by atoms with E-state index in [1.807, 2.05) is 0 Å². The van der Waals surface area contributed by atoms with Crippen LogP contribution >= 0.6 is 0 Å². The number of carbonyl (C=O) groups is 1. The lowest BCUT2D eigenvalue weighted by atomic mass is 10.2. The van der Waals surface area contributed by atoms with E-state index in [0.29, 0.717) is 25.3 Å². The fraction of sp³-hybridized carbons (Fsp3) is 0.300. The second-order valence-electron chi connectivity index (χ2n) is 7.36. The maximum absolute atomic E-state index is 12.9. The first-order chi connectivity index (χ1) is 14.0. The highest BCUT2D eigenvalue weighted by molar-refractivity contribution is 7.89. The van der Waals surface area contributed by atoms with Crippen molar-refractivity contribution in [1.29, 1.82) is 0 Å². The molecule has 0 saturated carbocycles. The first kappa shape index (κ1) is 18.3. The second-order valence-corrected chi connectivity index (χ2v) is 9.25. The molecule has 8 nitrogen and oxygen atoms in total. The number of hydrogen-bond acceptors (Lipinski definition) is 5. The number of pyridine rings is 1. The highest BCUT2D eigenvalue weighted by atomic mass is 32.2. The summed E-state index contributed by atoms with van der Waals surface area (Å²) < 4.78 is 34.5. The average molecular weight is 414 g/mol. The van der Waals surface area contributed by atoms with Crippen LogP contribution in [0.25, 0.3) is 5.65 Å². The number of morpholine rings is 1. The van der Waals surface area contributed by atoms with Gasteiger partial charge in [-0.25, -0.2) is 13.4 Å². The van der Waals surface area contributed by atoms with Crippen molar-refractivity contribution in [3.8, 4) is 0 Å². The van der Waals surface area contributed by atoms with Crippen LogP contribution in [0.15, 0.2) is 59.9 Å². The molecule has 2 aliphatic heterocycles. The van der Waals surface area contributed by atoms with Crippen LogP contribution in [0, 0.1) is 0 Å². The number of hydrogen-bond donors (Lipinski definition) is 1. The molecule has 29 heavy (non-hydrogen) atoms. The number of carbonyl (C=O) groups excluding carboxylic acids is 1. The minimum absolute atomic E-state index is 0. The maximum atomic E-state index is 12.9. The van der Waals surface area contributed by atoms with Crippen molar-refractivity contribution in [2.45, 2.75) is 30.0 Å². The third kappa shape index (κ3) is 3.31. The molecule has 2 fully saturated rings. The van der Waals surface area contributed by atoms with Gasteiger partial charge in [0.2, 0.25) is 10.0 Å². The number of ether oxygens (including phenoxy) is 1. The predicted octanol–water partition coefficient (Wildman–Crippen LogP) is 1.67. The Morgan fingerprint density at radius 2 is 2.07 bits per heavy atom. The first-order valence-corrected chi connectivity index (χ1v) is 10.9. The normalized spacial score (nSPS) is 21.7. The number of fused-ring (bicyclic) bond motifs is 3. The molecule has 0 unspecified atom stereocenters. The number of rotatable bonds is 5. The lowest BCUT2D eigenvalue weighted by Crippen LogP contribution is -2.41. The number of amides is 1. The zero-order valence-corrected chi connectivity index (χ0v) is 16.4. The van der Waals surface area contributed by atoms with Crippen molar-refractivity contribution in [3.63, 3.8) is 0 Å². The SMILES string of the molecule is O=C(NCc1ccc(S(=O)(=O)N2C[C@@H]3C[C@H]2CO3)cc1)c1ccc2nccn2c1.[HH]. The minimum atomic E-state index is -3.52. The van der Waals surface area contributed by atoms with E-state index in [4.69, 9.17) is 4.74 Å². The number of aromatic nitrogens is 2. The summed E-state index contributed by atoms with van der Waals surface area (Å²) in [5, 5.41) is 2.86. The van der Waals surface area contributed by atoms with Crippen molar-refractivity contribution >= 4 is 21.6 Å². The van der Waals surface area contributed by atoms with Crippen LogP contribution in [0.1, 0.15) is 23.8 Å². The van der Waals surface area contributed by atoms with Crippen LogP contribution in [-0.4, -0.2) is 53.3 Å². The molecule has 1 N–H and O–H groups in total. The van der Waals surface area contributed by atoms with Gasteiger partial charge in [-0.15, -0.1) is 0 Å². The minimum Gasteiger partial charge on any atom is -0.375 e.